The van der Waals surface area contributed by atoms with E-state index in [1.54, 1.807) is 0 Å². The van der Waals surface area contributed by atoms with Crippen molar-refractivity contribution in [2.24, 2.45) is 0 Å². The Morgan fingerprint density at radius 1 is 1.29 bits per heavy atom. The van der Waals surface area contributed by atoms with E-state index in [1.807, 2.05) is 30.1 Å². The Balaban J connectivity index is 1.72. The van der Waals surface area contributed by atoms with E-state index in [4.69, 9.17) is 0 Å². The molecule has 112 valence electrons. The first-order valence-corrected chi connectivity index (χ1v) is 7.56. The maximum absolute atomic E-state index is 12.6. The monoisotopic (exact) mass is 287 g/mol. The molecule has 2 aliphatic rings. The summed E-state index contributed by atoms with van der Waals surface area (Å²) >= 11 is 0. The summed E-state index contributed by atoms with van der Waals surface area (Å²) in [4.78, 5) is 25.8. The van der Waals surface area contributed by atoms with E-state index in [0.717, 1.165) is 42.7 Å². The number of amides is 2. The van der Waals surface area contributed by atoms with Gasteiger partial charge < -0.3 is 15.5 Å². The molecule has 0 bridgehead atoms. The fraction of sp³-hybridized carbons (Fsp3) is 0.500. The van der Waals surface area contributed by atoms with E-state index in [1.165, 1.54) is 0 Å². The molecule has 0 saturated carbocycles. The van der Waals surface area contributed by atoms with Crippen molar-refractivity contribution in [3.8, 4) is 0 Å². The van der Waals surface area contributed by atoms with Gasteiger partial charge >= 0.3 is 0 Å². The Morgan fingerprint density at radius 2 is 2.05 bits per heavy atom. The molecule has 2 heterocycles. The van der Waals surface area contributed by atoms with E-state index in [2.05, 4.69) is 10.6 Å². The topological polar surface area (TPSA) is 61.4 Å². The number of aryl methyl sites for hydroxylation is 1. The Bertz CT molecular complexity index is 563. The van der Waals surface area contributed by atoms with Crippen molar-refractivity contribution < 1.29 is 9.59 Å². The molecule has 1 aromatic rings. The van der Waals surface area contributed by atoms with E-state index >= 15 is 0 Å². The molecule has 5 nitrogen and oxygen atoms in total. The predicted molar refractivity (Wildman–Crippen MR) is 81.4 cm³/mol. The van der Waals surface area contributed by atoms with Gasteiger partial charge in [-0.05, 0) is 50.1 Å². The summed E-state index contributed by atoms with van der Waals surface area (Å²) in [6.45, 7) is 1.61. The third-order valence-corrected chi connectivity index (χ3v) is 4.44. The maximum Gasteiger partial charge on any atom is 0.253 e. The number of nitrogens with one attached hydrogen (secondary N) is 2. The number of nitrogens with zero attached hydrogens (tertiary/aromatic N) is 1. The maximum atomic E-state index is 12.6. The summed E-state index contributed by atoms with van der Waals surface area (Å²) in [5.41, 5.74) is 2.63. The van der Waals surface area contributed by atoms with Gasteiger partial charge in [0.2, 0.25) is 5.91 Å². The number of carbonyl (C=O) groups excluding carboxylic acids is 2. The Hall–Kier alpha value is -1.88. The second kappa shape index (κ2) is 5.85. The molecule has 21 heavy (non-hydrogen) atoms. The molecule has 0 aliphatic carbocycles. The third-order valence-electron chi connectivity index (χ3n) is 4.44. The zero-order chi connectivity index (χ0) is 14.8. The van der Waals surface area contributed by atoms with Crippen molar-refractivity contribution in [3.63, 3.8) is 0 Å². The van der Waals surface area contributed by atoms with Crippen LogP contribution in [-0.4, -0.2) is 42.9 Å². The van der Waals surface area contributed by atoms with Crippen LogP contribution in [0.15, 0.2) is 18.2 Å². The number of piperidine rings is 1. The smallest absolute Gasteiger partial charge is 0.253 e. The van der Waals surface area contributed by atoms with Crippen molar-refractivity contribution in [1.29, 1.82) is 0 Å². The van der Waals surface area contributed by atoms with Gasteiger partial charge in [0, 0.05) is 36.8 Å². The second-order valence-corrected chi connectivity index (χ2v) is 5.78. The third kappa shape index (κ3) is 2.93. The molecule has 0 atom stereocenters. The average Bonchev–Trinajstić information content (AvgIpc) is 2.53. The highest BCUT2D eigenvalue weighted by molar-refractivity contribution is 5.98. The lowest BCUT2D eigenvalue weighted by atomic mass is 9.99. The Labute approximate surface area is 124 Å². The predicted octanol–water partition coefficient (Wildman–Crippen LogP) is 1.40. The number of carbonyl (C=O) groups is 2. The highest BCUT2D eigenvalue weighted by Crippen LogP contribution is 2.24. The van der Waals surface area contributed by atoms with Crippen molar-refractivity contribution in [3.05, 3.63) is 29.3 Å². The zero-order valence-corrected chi connectivity index (χ0v) is 12.3. The largest absolute Gasteiger partial charge is 0.339 e. The molecule has 1 saturated heterocycles. The van der Waals surface area contributed by atoms with E-state index < -0.39 is 0 Å². The number of benzene rings is 1. The minimum atomic E-state index is 0.0516. The van der Waals surface area contributed by atoms with Crippen molar-refractivity contribution >= 4 is 17.5 Å². The summed E-state index contributed by atoms with van der Waals surface area (Å²) in [5.74, 6) is 0.153. The van der Waals surface area contributed by atoms with Crippen LogP contribution in [0.1, 0.15) is 35.2 Å². The van der Waals surface area contributed by atoms with Crippen LogP contribution >= 0.6 is 0 Å². The Kier molecular flexibility index (Phi) is 3.92. The van der Waals surface area contributed by atoms with Crippen molar-refractivity contribution in [1.82, 2.24) is 10.2 Å². The highest BCUT2D eigenvalue weighted by Gasteiger charge is 2.24. The molecular weight excluding hydrogens is 266 g/mol. The SMILES string of the molecule is CNC1CCN(C(=O)c2ccc3c(c2)CCC(=O)N3)CC1. The van der Waals surface area contributed by atoms with Crippen LogP contribution in [0.5, 0.6) is 0 Å². The van der Waals surface area contributed by atoms with Crippen LogP contribution in [0.3, 0.4) is 0 Å². The van der Waals surface area contributed by atoms with Crippen LogP contribution in [0.4, 0.5) is 5.69 Å². The van der Waals surface area contributed by atoms with E-state index in [9.17, 15) is 9.59 Å². The first-order chi connectivity index (χ1) is 10.2. The molecule has 2 amide bonds. The lowest BCUT2D eigenvalue weighted by Gasteiger charge is -2.32. The first kappa shape index (κ1) is 14.1. The number of hydrogen-bond donors (Lipinski definition) is 2. The fourth-order valence-electron chi connectivity index (χ4n) is 3.07. The summed E-state index contributed by atoms with van der Waals surface area (Å²) in [6.07, 6.45) is 3.22. The quantitative estimate of drug-likeness (QED) is 0.864. The van der Waals surface area contributed by atoms with Crippen LogP contribution in [-0.2, 0) is 11.2 Å². The highest BCUT2D eigenvalue weighted by atomic mass is 16.2. The minimum absolute atomic E-state index is 0.0516. The summed E-state index contributed by atoms with van der Waals surface area (Å²) in [6, 6.07) is 6.12. The molecule has 0 aromatic heterocycles. The second-order valence-electron chi connectivity index (χ2n) is 5.78. The van der Waals surface area contributed by atoms with E-state index in [-0.39, 0.29) is 11.8 Å². The fourth-order valence-corrected chi connectivity index (χ4v) is 3.07. The molecular formula is C16H21N3O2. The average molecular weight is 287 g/mol. The van der Waals surface area contributed by atoms with Gasteiger partial charge in [-0.2, -0.15) is 0 Å². The van der Waals surface area contributed by atoms with Gasteiger partial charge in [0.1, 0.15) is 0 Å². The molecule has 0 radical (unpaired) electrons. The molecule has 1 fully saturated rings. The molecule has 0 spiro atoms. The summed E-state index contributed by atoms with van der Waals surface area (Å²) in [7, 11) is 1.97. The van der Waals surface area contributed by atoms with Crippen LogP contribution < -0.4 is 10.6 Å². The number of fused-ring (bicyclic) bond motifs is 1. The molecule has 5 heteroatoms. The van der Waals surface area contributed by atoms with Gasteiger partial charge in [0.05, 0.1) is 0 Å². The van der Waals surface area contributed by atoms with Crippen LogP contribution in [0.25, 0.3) is 0 Å². The molecule has 2 aliphatic heterocycles. The molecule has 0 unspecified atom stereocenters. The lowest BCUT2D eigenvalue weighted by Crippen LogP contribution is -2.44. The lowest BCUT2D eigenvalue weighted by molar-refractivity contribution is -0.116. The van der Waals surface area contributed by atoms with Gasteiger partial charge in [-0.3, -0.25) is 9.59 Å². The number of anilines is 1. The molecule has 1 aromatic carbocycles. The first-order valence-electron chi connectivity index (χ1n) is 7.56. The standard InChI is InChI=1S/C16H21N3O2/c1-17-13-6-8-19(9-7-13)16(21)12-2-4-14-11(10-12)3-5-15(20)18-14/h2,4,10,13,17H,3,5-9H2,1H3,(H,18,20). The minimum Gasteiger partial charge on any atom is -0.339 e. The Morgan fingerprint density at radius 3 is 2.76 bits per heavy atom. The van der Waals surface area contributed by atoms with Gasteiger partial charge in [-0.15, -0.1) is 0 Å². The van der Waals surface area contributed by atoms with Gasteiger partial charge in [0.25, 0.3) is 5.91 Å². The van der Waals surface area contributed by atoms with Gasteiger partial charge in [-0.25, -0.2) is 0 Å². The van der Waals surface area contributed by atoms with Crippen LogP contribution in [0.2, 0.25) is 0 Å². The number of rotatable bonds is 2. The number of likely N-dealkylation sites (tertiary alicyclic amines) is 1. The number of hydrogen-bond acceptors (Lipinski definition) is 3. The summed E-state index contributed by atoms with van der Waals surface area (Å²) in [5, 5.41) is 6.12. The van der Waals surface area contributed by atoms with Gasteiger partial charge in [-0.1, -0.05) is 0 Å². The van der Waals surface area contributed by atoms with Crippen molar-refractivity contribution in [2.45, 2.75) is 31.7 Å². The molecule has 3 rings (SSSR count). The molecule has 2 N–H and O–H groups in total. The summed E-state index contributed by atoms with van der Waals surface area (Å²) < 4.78 is 0. The van der Waals surface area contributed by atoms with Gasteiger partial charge in [0.15, 0.2) is 0 Å². The van der Waals surface area contributed by atoms with Crippen LogP contribution in [0, 0.1) is 0 Å². The zero-order valence-electron chi connectivity index (χ0n) is 12.3. The van der Waals surface area contributed by atoms with Crippen molar-refractivity contribution in [2.75, 3.05) is 25.5 Å². The normalized spacial score (nSPS) is 19.1. The van der Waals surface area contributed by atoms with E-state index in [0.29, 0.717) is 18.9 Å².